The maximum Gasteiger partial charge on any atom is 0.416 e. The molecule has 0 aliphatic rings. The molecule has 3 amide bonds. The Balaban J connectivity index is 1.76. The number of halogens is 3. The lowest BCUT2D eigenvalue weighted by Crippen LogP contribution is -2.35. The maximum atomic E-state index is 12.9. The lowest BCUT2D eigenvalue weighted by atomic mass is 9.90. The maximum absolute atomic E-state index is 12.9. The third-order valence-electron chi connectivity index (χ3n) is 5.53. The number of furan rings is 1. The number of nitrogens with one attached hydrogen (secondary N) is 2. The molecule has 1 unspecified atom stereocenters. The van der Waals surface area contributed by atoms with Crippen molar-refractivity contribution in [1.82, 2.24) is 10.6 Å². The van der Waals surface area contributed by atoms with Crippen LogP contribution in [0, 0.1) is 5.92 Å². The van der Waals surface area contributed by atoms with E-state index in [4.69, 9.17) is 10.2 Å². The summed E-state index contributed by atoms with van der Waals surface area (Å²) in [4.78, 5) is 36.4. The second kappa shape index (κ2) is 10.5. The van der Waals surface area contributed by atoms with E-state index in [2.05, 4.69) is 10.6 Å². The highest BCUT2D eigenvalue weighted by Gasteiger charge is 2.33. The molecular formula is C25H24F3N3O4. The number of amides is 3. The van der Waals surface area contributed by atoms with Gasteiger partial charge in [0.15, 0.2) is 0 Å². The average molecular weight is 487 g/mol. The first-order valence-corrected chi connectivity index (χ1v) is 10.7. The molecule has 184 valence electrons. The molecule has 0 spiro atoms. The van der Waals surface area contributed by atoms with Crippen LogP contribution in [0.1, 0.15) is 40.1 Å². The summed E-state index contributed by atoms with van der Waals surface area (Å²) in [5.74, 6) is -2.70. The number of hydrogen-bond acceptors (Lipinski definition) is 4. The normalized spacial score (nSPS) is 13.1. The van der Waals surface area contributed by atoms with E-state index in [1.54, 1.807) is 36.4 Å². The Hall–Kier alpha value is -4.08. The van der Waals surface area contributed by atoms with Crippen LogP contribution in [0.25, 0.3) is 11.3 Å². The zero-order chi connectivity index (χ0) is 25.8. The molecule has 35 heavy (non-hydrogen) atoms. The summed E-state index contributed by atoms with van der Waals surface area (Å²) in [7, 11) is 1.45. The van der Waals surface area contributed by atoms with Gasteiger partial charge in [0.1, 0.15) is 17.4 Å². The largest absolute Gasteiger partial charge is 0.460 e. The van der Waals surface area contributed by atoms with Crippen molar-refractivity contribution in [2.45, 2.75) is 25.6 Å². The molecule has 0 saturated heterocycles. The van der Waals surface area contributed by atoms with Crippen molar-refractivity contribution < 1.29 is 32.0 Å². The molecule has 10 heteroatoms. The van der Waals surface area contributed by atoms with Crippen LogP contribution >= 0.6 is 0 Å². The van der Waals surface area contributed by atoms with Gasteiger partial charge in [-0.1, -0.05) is 31.2 Å². The van der Waals surface area contributed by atoms with Crippen LogP contribution in [0.2, 0.25) is 0 Å². The van der Waals surface area contributed by atoms with Crippen LogP contribution in [0.5, 0.6) is 0 Å². The minimum absolute atomic E-state index is 0.0655. The molecule has 0 aliphatic heterocycles. The van der Waals surface area contributed by atoms with Gasteiger partial charge >= 0.3 is 6.18 Å². The highest BCUT2D eigenvalue weighted by Crippen LogP contribution is 2.31. The number of carbonyl (C=O) groups excluding carboxylic acids is 3. The van der Waals surface area contributed by atoms with Gasteiger partial charge in [0.25, 0.3) is 5.91 Å². The first-order chi connectivity index (χ1) is 16.5. The Bertz CT molecular complexity index is 1240. The van der Waals surface area contributed by atoms with Gasteiger partial charge in [-0.05, 0) is 42.0 Å². The molecule has 0 fully saturated rings. The van der Waals surface area contributed by atoms with Crippen molar-refractivity contribution in [2.75, 3.05) is 7.05 Å². The lowest BCUT2D eigenvalue weighted by Gasteiger charge is -2.17. The topological polar surface area (TPSA) is 114 Å². The molecule has 3 aromatic rings. The van der Waals surface area contributed by atoms with Crippen LogP contribution in [-0.4, -0.2) is 24.8 Å². The summed E-state index contributed by atoms with van der Waals surface area (Å²) in [5, 5.41) is 5.11. The van der Waals surface area contributed by atoms with Crippen molar-refractivity contribution in [2.24, 2.45) is 11.7 Å². The lowest BCUT2D eigenvalue weighted by molar-refractivity contribution is -0.137. The summed E-state index contributed by atoms with van der Waals surface area (Å²) >= 11 is 0. The van der Waals surface area contributed by atoms with Crippen molar-refractivity contribution in [3.05, 3.63) is 83.1 Å². The molecular weight excluding hydrogens is 463 g/mol. The standard InChI is InChI=1S/C25H24F3N3O4/c1-14(22(29)32)21(24(34)30-2)20-10-9-19(35-20)16-6-3-5-15(11-16)13-31-23(33)17-7-4-8-18(12-17)25(26,27)28/h3-12,14,21H,13H2,1-2H3,(H2,29,32)(H,30,34)(H,31,33)/t14?,21-/m0/s1. The molecule has 1 aromatic heterocycles. The minimum atomic E-state index is -4.54. The van der Waals surface area contributed by atoms with Crippen LogP contribution < -0.4 is 16.4 Å². The van der Waals surface area contributed by atoms with E-state index in [1.807, 2.05) is 0 Å². The van der Waals surface area contributed by atoms with Crippen LogP contribution in [0.4, 0.5) is 13.2 Å². The molecule has 0 saturated carbocycles. The number of benzene rings is 2. The van der Waals surface area contributed by atoms with E-state index in [9.17, 15) is 27.6 Å². The monoisotopic (exact) mass is 487 g/mol. The zero-order valence-electron chi connectivity index (χ0n) is 19.0. The summed E-state index contributed by atoms with van der Waals surface area (Å²) in [6.07, 6.45) is -4.54. The predicted octanol–water partition coefficient (Wildman–Crippen LogP) is 3.85. The minimum Gasteiger partial charge on any atom is -0.460 e. The van der Waals surface area contributed by atoms with Gasteiger partial charge in [-0.15, -0.1) is 0 Å². The van der Waals surface area contributed by atoms with Gasteiger partial charge in [0.2, 0.25) is 11.8 Å². The summed E-state index contributed by atoms with van der Waals surface area (Å²) in [6, 6.07) is 14.4. The predicted molar refractivity (Wildman–Crippen MR) is 122 cm³/mol. The summed E-state index contributed by atoms with van der Waals surface area (Å²) in [5.41, 5.74) is 5.70. The first kappa shape index (κ1) is 25.5. The molecule has 4 N–H and O–H groups in total. The fourth-order valence-corrected chi connectivity index (χ4v) is 3.55. The molecule has 0 radical (unpaired) electrons. The molecule has 3 rings (SSSR count). The molecule has 0 bridgehead atoms. The van der Waals surface area contributed by atoms with Crippen molar-refractivity contribution in [3.63, 3.8) is 0 Å². The van der Waals surface area contributed by atoms with Crippen molar-refractivity contribution in [1.29, 1.82) is 0 Å². The van der Waals surface area contributed by atoms with Gasteiger partial charge in [-0.3, -0.25) is 14.4 Å². The van der Waals surface area contributed by atoms with E-state index in [1.165, 1.54) is 26.1 Å². The van der Waals surface area contributed by atoms with E-state index in [0.717, 1.165) is 12.1 Å². The van der Waals surface area contributed by atoms with E-state index < -0.39 is 41.3 Å². The molecule has 0 aliphatic carbocycles. The fourth-order valence-electron chi connectivity index (χ4n) is 3.55. The number of primary amides is 1. The van der Waals surface area contributed by atoms with Crippen molar-refractivity contribution in [3.8, 4) is 11.3 Å². The van der Waals surface area contributed by atoms with Crippen LogP contribution in [0.3, 0.4) is 0 Å². The van der Waals surface area contributed by atoms with Gasteiger partial charge in [-0.2, -0.15) is 13.2 Å². The number of nitrogens with two attached hydrogens (primary N) is 1. The van der Waals surface area contributed by atoms with Crippen LogP contribution in [0.15, 0.2) is 65.1 Å². The van der Waals surface area contributed by atoms with Crippen LogP contribution in [-0.2, 0) is 22.3 Å². The average Bonchev–Trinajstić information content (AvgIpc) is 3.32. The second-order valence-corrected chi connectivity index (χ2v) is 7.95. The SMILES string of the molecule is CNC(=O)[C@H](c1ccc(-c2cccc(CNC(=O)c3cccc(C(F)(F)F)c3)c2)o1)C(C)C(N)=O. The number of rotatable bonds is 8. The first-order valence-electron chi connectivity index (χ1n) is 10.7. The summed E-state index contributed by atoms with van der Waals surface area (Å²) < 4.78 is 44.6. The zero-order valence-corrected chi connectivity index (χ0v) is 19.0. The molecule has 2 atom stereocenters. The Morgan fingerprint density at radius 1 is 1.03 bits per heavy atom. The smallest absolute Gasteiger partial charge is 0.416 e. The highest BCUT2D eigenvalue weighted by molar-refractivity contribution is 5.94. The highest BCUT2D eigenvalue weighted by atomic mass is 19.4. The van der Waals surface area contributed by atoms with E-state index in [0.29, 0.717) is 16.9 Å². The fraction of sp³-hybridized carbons (Fsp3) is 0.240. The number of alkyl halides is 3. The molecule has 2 aromatic carbocycles. The third kappa shape index (κ3) is 6.08. The Morgan fingerprint density at radius 3 is 2.40 bits per heavy atom. The van der Waals surface area contributed by atoms with Gasteiger partial charge in [0.05, 0.1) is 11.5 Å². The number of carbonyl (C=O) groups is 3. The van der Waals surface area contributed by atoms with Crippen molar-refractivity contribution >= 4 is 17.7 Å². The van der Waals surface area contributed by atoms with Gasteiger partial charge in [-0.25, -0.2) is 0 Å². The van der Waals surface area contributed by atoms with E-state index in [-0.39, 0.29) is 17.9 Å². The summed E-state index contributed by atoms with van der Waals surface area (Å²) in [6.45, 7) is 1.61. The second-order valence-electron chi connectivity index (χ2n) is 7.95. The Labute approximate surface area is 199 Å². The molecule has 1 heterocycles. The number of hydrogen-bond donors (Lipinski definition) is 3. The Kier molecular flexibility index (Phi) is 7.63. The molecule has 7 nitrogen and oxygen atoms in total. The van der Waals surface area contributed by atoms with Gasteiger partial charge < -0.3 is 20.8 Å². The third-order valence-corrected chi connectivity index (χ3v) is 5.53. The van der Waals surface area contributed by atoms with E-state index >= 15 is 0 Å². The quantitative estimate of drug-likeness (QED) is 0.448. The van der Waals surface area contributed by atoms with Gasteiger partial charge in [0, 0.05) is 24.7 Å². The number of likely N-dealkylation sites (N-methyl/N-ethyl adjacent to an activating group) is 1. The Morgan fingerprint density at radius 2 is 1.74 bits per heavy atom.